The van der Waals surface area contributed by atoms with E-state index in [1.807, 2.05) is 18.2 Å². The molecule has 0 bridgehead atoms. The number of nitrogens with one attached hydrogen (secondary N) is 1. The first-order valence-corrected chi connectivity index (χ1v) is 6.26. The molecule has 0 saturated heterocycles. The van der Waals surface area contributed by atoms with Gasteiger partial charge in [0.1, 0.15) is 0 Å². The first-order valence-electron chi connectivity index (χ1n) is 5.89. The minimum atomic E-state index is 0.408. The molecule has 88 valence electrons. The number of para-hydroxylation sites is 1. The zero-order valence-corrected chi connectivity index (χ0v) is 10.5. The summed E-state index contributed by atoms with van der Waals surface area (Å²) in [5.41, 5.74) is 7.93. The lowest BCUT2D eigenvalue weighted by molar-refractivity contribution is 0.362. The molecule has 0 amide bonds. The molecule has 0 unspecified atom stereocenters. The van der Waals surface area contributed by atoms with Crippen LogP contribution in [0.1, 0.15) is 32.6 Å². The predicted octanol–water partition coefficient (Wildman–Crippen LogP) is 3.91. The van der Waals surface area contributed by atoms with E-state index in [-0.39, 0.29) is 0 Å². The van der Waals surface area contributed by atoms with Crippen LogP contribution in [0.25, 0.3) is 0 Å². The molecule has 0 aromatic heterocycles. The molecule has 1 aliphatic carbocycles. The third kappa shape index (κ3) is 2.43. The van der Waals surface area contributed by atoms with Gasteiger partial charge in [0.25, 0.3) is 0 Å². The SMILES string of the molecule is CC1(CNc2c(N)cccc2Cl)CCCC1. The number of nitrogen functional groups attached to an aromatic ring is 1. The van der Waals surface area contributed by atoms with E-state index in [4.69, 9.17) is 17.3 Å². The van der Waals surface area contributed by atoms with Crippen LogP contribution in [0.5, 0.6) is 0 Å². The summed E-state index contributed by atoms with van der Waals surface area (Å²) < 4.78 is 0. The van der Waals surface area contributed by atoms with Crippen molar-refractivity contribution in [2.24, 2.45) is 5.41 Å². The third-order valence-electron chi connectivity index (χ3n) is 3.55. The molecule has 3 N–H and O–H groups in total. The van der Waals surface area contributed by atoms with Crippen LogP contribution in [0.15, 0.2) is 18.2 Å². The predicted molar refractivity (Wildman–Crippen MR) is 70.9 cm³/mol. The first-order chi connectivity index (χ1) is 7.61. The second kappa shape index (κ2) is 4.54. The number of halogens is 1. The van der Waals surface area contributed by atoms with Crippen molar-refractivity contribution < 1.29 is 0 Å². The van der Waals surface area contributed by atoms with Crippen LogP contribution in [0.3, 0.4) is 0 Å². The molecule has 16 heavy (non-hydrogen) atoms. The van der Waals surface area contributed by atoms with Crippen LogP contribution in [0.4, 0.5) is 11.4 Å². The van der Waals surface area contributed by atoms with Crippen LogP contribution in [0.2, 0.25) is 5.02 Å². The molecular formula is C13H19ClN2. The van der Waals surface area contributed by atoms with Crippen LogP contribution in [-0.2, 0) is 0 Å². The molecular weight excluding hydrogens is 220 g/mol. The molecule has 3 heteroatoms. The maximum Gasteiger partial charge on any atom is 0.0763 e. The Labute approximate surface area is 102 Å². The van der Waals surface area contributed by atoms with Crippen molar-refractivity contribution in [3.63, 3.8) is 0 Å². The van der Waals surface area contributed by atoms with Crippen molar-refractivity contribution in [1.29, 1.82) is 0 Å². The van der Waals surface area contributed by atoms with E-state index in [9.17, 15) is 0 Å². The van der Waals surface area contributed by atoms with E-state index in [0.29, 0.717) is 10.4 Å². The van der Waals surface area contributed by atoms with E-state index in [1.165, 1.54) is 25.7 Å². The largest absolute Gasteiger partial charge is 0.397 e. The number of hydrogen-bond acceptors (Lipinski definition) is 2. The highest BCUT2D eigenvalue weighted by Crippen LogP contribution is 2.38. The van der Waals surface area contributed by atoms with E-state index < -0.39 is 0 Å². The summed E-state index contributed by atoms with van der Waals surface area (Å²) >= 11 is 6.12. The topological polar surface area (TPSA) is 38.0 Å². The molecule has 0 radical (unpaired) electrons. The van der Waals surface area contributed by atoms with Gasteiger partial charge >= 0.3 is 0 Å². The fourth-order valence-electron chi connectivity index (χ4n) is 2.43. The van der Waals surface area contributed by atoms with Gasteiger partial charge in [-0.15, -0.1) is 0 Å². The van der Waals surface area contributed by atoms with Gasteiger partial charge in [-0.25, -0.2) is 0 Å². The van der Waals surface area contributed by atoms with Gasteiger partial charge in [-0.1, -0.05) is 37.4 Å². The van der Waals surface area contributed by atoms with Crippen molar-refractivity contribution in [2.75, 3.05) is 17.6 Å². The van der Waals surface area contributed by atoms with Gasteiger partial charge in [0, 0.05) is 6.54 Å². The van der Waals surface area contributed by atoms with Gasteiger partial charge < -0.3 is 11.1 Å². The van der Waals surface area contributed by atoms with Crippen molar-refractivity contribution in [2.45, 2.75) is 32.6 Å². The van der Waals surface area contributed by atoms with Crippen LogP contribution in [-0.4, -0.2) is 6.54 Å². The number of anilines is 2. The van der Waals surface area contributed by atoms with Crippen molar-refractivity contribution in [1.82, 2.24) is 0 Å². The first kappa shape index (κ1) is 11.6. The Hall–Kier alpha value is -0.890. The van der Waals surface area contributed by atoms with Gasteiger partial charge in [0.2, 0.25) is 0 Å². The highest BCUT2D eigenvalue weighted by molar-refractivity contribution is 6.33. The number of nitrogens with two attached hydrogens (primary N) is 1. The third-order valence-corrected chi connectivity index (χ3v) is 3.86. The summed E-state index contributed by atoms with van der Waals surface area (Å²) in [7, 11) is 0. The van der Waals surface area contributed by atoms with Crippen molar-refractivity contribution >= 4 is 23.0 Å². The summed E-state index contributed by atoms with van der Waals surface area (Å²) in [6.07, 6.45) is 5.28. The van der Waals surface area contributed by atoms with E-state index in [2.05, 4.69) is 12.2 Å². The summed E-state index contributed by atoms with van der Waals surface area (Å²) in [4.78, 5) is 0. The minimum Gasteiger partial charge on any atom is -0.397 e. The molecule has 1 fully saturated rings. The van der Waals surface area contributed by atoms with Crippen LogP contribution in [0, 0.1) is 5.41 Å². The highest BCUT2D eigenvalue weighted by Gasteiger charge is 2.28. The fourth-order valence-corrected chi connectivity index (χ4v) is 2.68. The van der Waals surface area contributed by atoms with E-state index in [0.717, 1.165) is 17.9 Å². The Kier molecular flexibility index (Phi) is 3.29. The maximum atomic E-state index is 6.12. The molecule has 1 saturated carbocycles. The van der Waals surface area contributed by atoms with Gasteiger partial charge in [-0.2, -0.15) is 0 Å². The highest BCUT2D eigenvalue weighted by atomic mass is 35.5. The van der Waals surface area contributed by atoms with Crippen LogP contribution >= 0.6 is 11.6 Å². The molecule has 1 aliphatic rings. The zero-order chi connectivity index (χ0) is 11.6. The minimum absolute atomic E-state index is 0.408. The quantitative estimate of drug-likeness (QED) is 0.784. The lowest BCUT2D eigenvalue weighted by Gasteiger charge is -2.25. The smallest absolute Gasteiger partial charge is 0.0763 e. The lowest BCUT2D eigenvalue weighted by atomic mass is 9.89. The Bertz CT molecular complexity index is 350. The Balaban J connectivity index is 2.04. The maximum absolute atomic E-state index is 6.12. The Morgan fingerprint density at radius 2 is 2.06 bits per heavy atom. The van der Waals surface area contributed by atoms with Gasteiger partial charge in [0.15, 0.2) is 0 Å². The second-order valence-electron chi connectivity index (χ2n) is 5.08. The summed E-state index contributed by atoms with van der Waals surface area (Å²) in [6, 6.07) is 5.63. The fraction of sp³-hybridized carbons (Fsp3) is 0.538. The molecule has 2 nitrogen and oxygen atoms in total. The summed E-state index contributed by atoms with van der Waals surface area (Å²) in [6.45, 7) is 3.29. The van der Waals surface area contributed by atoms with Crippen molar-refractivity contribution in [3.05, 3.63) is 23.2 Å². The van der Waals surface area contributed by atoms with Crippen molar-refractivity contribution in [3.8, 4) is 0 Å². The molecule has 0 atom stereocenters. The summed E-state index contributed by atoms with van der Waals surface area (Å²) in [5.74, 6) is 0. The van der Waals surface area contributed by atoms with Gasteiger partial charge in [-0.3, -0.25) is 0 Å². The molecule has 1 aromatic rings. The Morgan fingerprint density at radius 3 is 2.69 bits per heavy atom. The average molecular weight is 239 g/mol. The monoisotopic (exact) mass is 238 g/mol. The standard InChI is InChI=1S/C13H19ClN2/c1-13(7-2-3-8-13)9-16-12-10(14)5-4-6-11(12)15/h4-6,16H,2-3,7-9,15H2,1H3. The zero-order valence-electron chi connectivity index (χ0n) is 9.72. The van der Waals surface area contributed by atoms with E-state index in [1.54, 1.807) is 0 Å². The lowest BCUT2D eigenvalue weighted by Crippen LogP contribution is -2.23. The van der Waals surface area contributed by atoms with Gasteiger partial charge in [0.05, 0.1) is 16.4 Å². The molecule has 2 rings (SSSR count). The summed E-state index contributed by atoms with van der Waals surface area (Å²) in [5, 5.41) is 4.12. The number of benzene rings is 1. The normalized spacial score (nSPS) is 18.6. The molecule has 0 heterocycles. The average Bonchev–Trinajstić information content (AvgIpc) is 2.65. The number of rotatable bonds is 3. The Morgan fingerprint density at radius 1 is 1.38 bits per heavy atom. The van der Waals surface area contributed by atoms with Crippen LogP contribution < -0.4 is 11.1 Å². The molecule has 0 spiro atoms. The van der Waals surface area contributed by atoms with Gasteiger partial charge in [-0.05, 0) is 30.4 Å². The number of hydrogen-bond donors (Lipinski definition) is 2. The second-order valence-corrected chi connectivity index (χ2v) is 5.48. The molecule has 1 aromatic carbocycles. The van der Waals surface area contributed by atoms with E-state index >= 15 is 0 Å². The molecule has 0 aliphatic heterocycles.